The minimum atomic E-state index is -3.28. The van der Waals surface area contributed by atoms with Gasteiger partial charge in [0.15, 0.2) is 0 Å². The van der Waals surface area contributed by atoms with Crippen LogP contribution in [0.15, 0.2) is 5.51 Å². The maximum absolute atomic E-state index is 12.5. The van der Waals surface area contributed by atoms with Crippen LogP contribution >= 0.6 is 11.3 Å². The third kappa shape index (κ3) is 4.05. The van der Waals surface area contributed by atoms with Crippen molar-refractivity contribution in [1.29, 1.82) is 0 Å². The lowest BCUT2D eigenvalue weighted by Crippen LogP contribution is -2.53. The van der Waals surface area contributed by atoms with Gasteiger partial charge in [-0.1, -0.05) is 13.8 Å². The van der Waals surface area contributed by atoms with Crippen LogP contribution in [0.25, 0.3) is 0 Å². The van der Waals surface area contributed by atoms with Crippen LogP contribution in [-0.2, 0) is 16.6 Å². The lowest BCUT2D eigenvalue weighted by atomic mass is 10.2. The molecule has 1 aromatic rings. The summed E-state index contributed by atoms with van der Waals surface area (Å²) in [6.45, 7) is 10.6. The van der Waals surface area contributed by atoms with E-state index in [0.29, 0.717) is 26.2 Å². The smallest absolute Gasteiger partial charge is 0.282 e. The molecule has 6 nitrogen and oxygen atoms in total. The second kappa shape index (κ2) is 7.83. The molecule has 0 aromatic carbocycles. The molecule has 1 aromatic heterocycles. The molecule has 2 heterocycles. The first kappa shape index (κ1) is 17.8. The van der Waals surface area contributed by atoms with Gasteiger partial charge in [-0.3, -0.25) is 0 Å². The second-order valence-electron chi connectivity index (χ2n) is 5.44. The van der Waals surface area contributed by atoms with Crippen molar-refractivity contribution >= 4 is 21.5 Å². The van der Waals surface area contributed by atoms with Crippen LogP contribution in [0.4, 0.5) is 0 Å². The zero-order valence-corrected chi connectivity index (χ0v) is 15.3. The lowest BCUT2D eigenvalue weighted by molar-refractivity contribution is 0.183. The number of aryl methyl sites for hydroxylation is 1. The van der Waals surface area contributed by atoms with E-state index in [2.05, 4.69) is 9.88 Å². The van der Waals surface area contributed by atoms with E-state index in [1.807, 2.05) is 26.3 Å². The van der Waals surface area contributed by atoms with E-state index in [1.165, 1.54) is 9.18 Å². The molecule has 126 valence electrons. The van der Waals surface area contributed by atoms with Crippen LogP contribution < -0.4 is 0 Å². The van der Waals surface area contributed by atoms with Gasteiger partial charge in [0.25, 0.3) is 10.2 Å². The minimum absolute atomic E-state index is 0.531. The van der Waals surface area contributed by atoms with Crippen molar-refractivity contribution < 1.29 is 8.42 Å². The molecule has 1 aliphatic rings. The number of thiazole rings is 1. The van der Waals surface area contributed by atoms with Gasteiger partial charge in [0.2, 0.25) is 0 Å². The molecule has 8 heteroatoms. The molecule has 1 aliphatic heterocycles. The highest BCUT2D eigenvalue weighted by Gasteiger charge is 2.30. The Balaban J connectivity index is 1.84. The van der Waals surface area contributed by atoms with Crippen molar-refractivity contribution in [1.82, 2.24) is 18.5 Å². The molecule has 0 bridgehead atoms. The molecule has 1 saturated heterocycles. The Morgan fingerprint density at radius 1 is 1.23 bits per heavy atom. The fourth-order valence-electron chi connectivity index (χ4n) is 2.72. The monoisotopic (exact) mass is 346 g/mol. The number of hydrogen-bond acceptors (Lipinski definition) is 5. The zero-order chi connectivity index (χ0) is 16.2. The fourth-order valence-corrected chi connectivity index (χ4v) is 5.10. The van der Waals surface area contributed by atoms with Gasteiger partial charge in [-0.05, 0) is 13.3 Å². The molecule has 0 radical (unpaired) electrons. The third-order valence-corrected chi connectivity index (χ3v) is 7.37. The first-order valence-corrected chi connectivity index (χ1v) is 10.1. The molecular formula is C14H26N4O2S2. The average Bonchev–Trinajstić information content (AvgIpc) is 2.92. The third-order valence-electron chi connectivity index (χ3n) is 4.19. The fraction of sp³-hybridized carbons (Fsp3) is 0.786. The van der Waals surface area contributed by atoms with Gasteiger partial charge < -0.3 is 4.90 Å². The SMILES string of the molecule is CCN(CC)S(=O)(=O)N1CCN(CCc2scnc2C)CC1. The van der Waals surface area contributed by atoms with E-state index < -0.39 is 10.2 Å². The van der Waals surface area contributed by atoms with Gasteiger partial charge >= 0.3 is 0 Å². The Kier molecular flexibility index (Phi) is 6.34. The Labute approximate surface area is 137 Å². The van der Waals surface area contributed by atoms with Crippen molar-refractivity contribution in [2.45, 2.75) is 27.2 Å². The number of rotatable bonds is 7. The van der Waals surface area contributed by atoms with E-state index in [9.17, 15) is 8.42 Å². The number of aromatic nitrogens is 1. The number of hydrogen-bond donors (Lipinski definition) is 0. The molecule has 22 heavy (non-hydrogen) atoms. The molecule has 0 spiro atoms. The summed E-state index contributed by atoms with van der Waals surface area (Å²) in [5.74, 6) is 0. The topological polar surface area (TPSA) is 56.8 Å². The first-order valence-electron chi connectivity index (χ1n) is 7.85. The molecule has 0 aliphatic carbocycles. The van der Waals surface area contributed by atoms with E-state index in [-0.39, 0.29) is 0 Å². The quantitative estimate of drug-likeness (QED) is 0.744. The molecule has 0 atom stereocenters. The molecule has 2 rings (SSSR count). The van der Waals surface area contributed by atoms with E-state index in [1.54, 1.807) is 15.6 Å². The Morgan fingerprint density at radius 2 is 1.86 bits per heavy atom. The van der Waals surface area contributed by atoms with Crippen molar-refractivity contribution in [2.24, 2.45) is 0 Å². The molecule has 0 amide bonds. The molecular weight excluding hydrogens is 320 g/mol. The van der Waals surface area contributed by atoms with Gasteiger partial charge in [0.1, 0.15) is 0 Å². The van der Waals surface area contributed by atoms with Crippen molar-refractivity contribution in [3.05, 3.63) is 16.1 Å². The van der Waals surface area contributed by atoms with Crippen LogP contribution in [0.2, 0.25) is 0 Å². The highest BCUT2D eigenvalue weighted by atomic mass is 32.2. The van der Waals surface area contributed by atoms with Crippen molar-refractivity contribution in [2.75, 3.05) is 45.8 Å². The first-order chi connectivity index (χ1) is 10.5. The largest absolute Gasteiger partial charge is 0.300 e. The number of nitrogens with zero attached hydrogens (tertiary/aromatic N) is 4. The Bertz CT molecular complexity index is 561. The van der Waals surface area contributed by atoms with E-state index >= 15 is 0 Å². The Morgan fingerprint density at radius 3 is 2.36 bits per heavy atom. The molecule has 1 fully saturated rings. The number of piperazine rings is 1. The van der Waals surface area contributed by atoms with Gasteiger partial charge in [0.05, 0.1) is 11.2 Å². The maximum Gasteiger partial charge on any atom is 0.282 e. The van der Waals surface area contributed by atoms with Crippen LogP contribution in [0, 0.1) is 6.92 Å². The predicted octanol–water partition coefficient (Wildman–Crippen LogP) is 1.20. The second-order valence-corrected chi connectivity index (χ2v) is 8.31. The highest BCUT2D eigenvalue weighted by molar-refractivity contribution is 7.86. The Hall–Kier alpha value is -0.540. The maximum atomic E-state index is 12.5. The standard InChI is InChI=1S/C14H26N4O2S2/c1-4-17(5-2)22(19,20)18-10-8-16(9-11-18)7-6-14-13(3)15-12-21-14/h12H,4-11H2,1-3H3. The molecule has 0 N–H and O–H groups in total. The minimum Gasteiger partial charge on any atom is -0.300 e. The van der Waals surface area contributed by atoms with Crippen LogP contribution in [-0.4, -0.2) is 72.7 Å². The van der Waals surface area contributed by atoms with Crippen molar-refractivity contribution in [3.8, 4) is 0 Å². The summed E-state index contributed by atoms with van der Waals surface area (Å²) in [6.07, 6.45) is 0.999. The van der Waals surface area contributed by atoms with Crippen LogP contribution in [0.1, 0.15) is 24.4 Å². The average molecular weight is 347 g/mol. The summed E-state index contributed by atoms with van der Waals surface area (Å²) < 4.78 is 28.1. The van der Waals surface area contributed by atoms with Crippen molar-refractivity contribution in [3.63, 3.8) is 0 Å². The summed E-state index contributed by atoms with van der Waals surface area (Å²) in [4.78, 5) is 7.94. The van der Waals surface area contributed by atoms with Gasteiger partial charge in [-0.2, -0.15) is 17.0 Å². The van der Waals surface area contributed by atoms with Crippen LogP contribution in [0.3, 0.4) is 0 Å². The zero-order valence-electron chi connectivity index (χ0n) is 13.7. The summed E-state index contributed by atoms with van der Waals surface area (Å²) in [6, 6.07) is 0. The van der Waals surface area contributed by atoms with E-state index in [0.717, 1.165) is 31.7 Å². The van der Waals surface area contributed by atoms with Gasteiger partial charge in [0, 0.05) is 50.7 Å². The normalized spacial score (nSPS) is 18.2. The summed E-state index contributed by atoms with van der Waals surface area (Å²) in [7, 11) is -3.28. The van der Waals surface area contributed by atoms with Gasteiger partial charge in [-0.25, -0.2) is 4.98 Å². The van der Waals surface area contributed by atoms with Gasteiger partial charge in [-0.15, -0.1) is 11.3 Å². The molecule has 0 saturated carbocycles. The van der Waals surface area contributed by atoms with E-state index in [4.69, 9.17) is 0 Å². The highest BCUT2D eigenvalue weighted by Crippen LogP contribution is 2.15. The predicted molar refractivity (Wildman–Crippen MR) is 90.4 cm³/mol. The summed E-state index contributed by atoms with van der Waals surface area (Å²) >= 11 is 1.70. The lowest BCUT2D eigenvalue weighted by Gasteiger charge is -2.36. The summed E-state index contributed by atoms with van der Waals surface area (Å²) in [5.41, 5.74) is 3.01. The van der Waals surface area contributed by atoms with Crippen LogP contribution in [0.5, 0.6) is 0 Å². The molecule has 0 unspecified atom stereocenters. The summed E-state index contributed by atoms with van der Waals surface area (Å²) in [5, 5.41) is 0.